The second kappa shape index (κ2) is 9.26. The first kappa shape index (κ1) is 20.8. The first-order valence-electron chi connectivity index (χ1n) is 6.64. The van der Waals surface area contributed by atoms with Gasteiger partial charge in [-0.1, -0.05) is 35.3 Å². The molecular formula is C16H12ClF2N2O2Y-. The van der Waals surface area contributed by atoms with Gasteiger partial charge < -0.3 is 9.30 Å². The number of ether oxygens (including phenoxy) is 1. The van der Waals surface area contributed by atoms with Gasteiger partial charge in [-0.05, 0) is 17.2 Å². The molecule has 0 N–H and O–H groups in total. The number of aryl methyl sites for hydroxylation is 1. The van der Waals surface area contributed by atoms with Crippen LogP contribution in [0, 0.1) is 24.3 Å². The topological polar surface area (TPSA) is 55.0 Å². The van der Waals surface area contributed by atoms with Gasteiger partial charge in [0, 0.05) is 32.7 Å². The van der Waals surface area contributed by atoms with Crippen molar-refractivity contribution in [3.8, 4) is 23.1 Å². The normalized spacial score (nSPS) is 10.2. The maximum absolute atomic E-state index is 12.8. The molecule has 2 rings (SSSR count). The molecule has 0 fully saturated rings. The molecule has 123 valence electrons. The number of nitrogens with zero attached hydrogens (tertiary/aromatic N) is 2. The van der Waals surface area contributed by atoms with Crippen LogP contribution in [-0.2, 0) is 39.3 Å². The van der Waals surface area contributed by atoms with Crippen LogP contribution in [0.1, 0.15) is 5.56 Å². The summed E-state index contributed by atoms with van der Waals surface area (Å²) >= 11 is 6.16. The second-order valence-corrected chi connectivity index (χ2v) is 5.12. The molecule has 1 radical (unpaired) electrons. The fourth-order valence-electron chi connectivity index (χ4n) is 2.06. The number of pyridine rings is 1. The zero-order valence-electron chi connectivity index (χ0n) is 12.7. The van der Waals surface area contributed by atoms with E-state index in [2.05, 4.69) is 6.07 Å². The minimum absolute atomic E-state index is 0. The largest absolute Gasteiger partial charge is 0.479 e. The molecule has 24 heavy (non-hydrogen) atoms. The van der Waals surface area contributed by atoms with E-state index in [0.717, 1.165) is 4.57 Å². The summed E-state index contributed by atoms with van der Waals surface area (Å²) in [5.74, 6) is 0.371. The molecule has 0 saturated carbocycles. The Balaban J connectivity index is 0.00000288. The molecule has 0 saturated heterocycles. The van der Waals surface area contributed by atoms with Crippen LogP contribution in [-0.4, -0.2) is 17.6 Å². The summed E-state index contributed by atoms with van der Waals surface area (Å²) < 4.78 is 31.6. The standard InChI is InChI=1S/C16H12ClF2N2O2.Y/c1-10-2-5-14(21(16(10)22)9-15(18)19)12-4-3-11(8-13(12)17)23-7-6-20;/h2-4,8,15H,7,9H2,1H3;/q-1;. The Bertz CT molecular complexity index is 819. The van der Waals surface area contributed by atoms with Gasteiger partial charge in [0.2, 0.25) is 0 Å². The number of hydrogen-bond acceptors (Lipinski definition) is 3. The average Bonchev–Trinajstić information content (AvgIpc) is 2.50. The predicted molar refractivity (Wildman–Crippen MR) is 81.8 cm³/mol. The molecule has 1 heterocycles. The van der Waals surface area contributed by atoms with E-state index in [0.29, 0.717) is 16.9 Å². The Morgan fingerprint density at radius 3 is 2.75 bits per heavy atom. The SMILES string of the molecule is Cc1c[c-]c(-c2ccc(OCC#N)cc2Cl)n(CC(F)F)c1=O.[Y]. The maximum atomic E-state index is 12.8. The Morgan fingerprint density at radius 2 is 2.17 bits per heavy atom. The van der Waals surface area contributed by atoms with E-state index in [1.807, 2.05) is 6.07 Å². The number of benzene rings is 1. The fourth-order valence-corrected chi connectivity index (χ4v) is 2.32. The van der Waals surface area contributed by atoms with E-state index in [4.69, 9.17) is 21.6 Å². The summed E-state index contributed by atoms with van der Waals surface area (Å²) in [6, 6.07) is 10.6. The molecule has 0 spiro atoms. The Morgan fingerprint density at radius 1 is 1.46 bits per heavy atom. The van der Waals surface area contributed by atoms with Crippen LogP contribution in [0.25, 0.3) is 11.3 Å². The van der Waals surface area contributed by atoms with Crippen molar-refractivity contribution in [1.29, 1.82) is 5.26 Å². The van der Waals surface area contributed by atoms with Gasteiger partial charge in [-0.2, -0.15) is 17.4 Å². The molecule has 0 bridgehead atoms. The van der Waals surface area contributed by atoms with Crippen molar-refractivity contribution in [2.24, 2.45) is 0 Å². The van der Waals surface area contributed by atoms with Crippen LogP contribution in [0.2, 0.25) is 5.02 Å². The molecule has 2 aromatic rings. The molecule has 0 aliphatic carbocycles. The quantitative estimate of drug-likeness (QED) is 0.688. The zero-order chi connectivity index (χ0) is 17.0. The van der Waals surface area contributed by atoms with Gasteiger partial charge in [0.15, 0.2) is 12.2 Å². The van der Waals surface area contributed by atoms with Crippen LogP contribution in [0.15, 0.2) is 29.1 Å². The molecule has 0 atom stereocenters. The van der Waals surface area contributed by atoms with Crippen molar-refractivity contribution < 1.29 is 46.2 Å². The van der Waals surface area contributed by atoms with Gasteiger partial charge in [0.05, 0.1) is 6.54 Å². The predicted octanol–water partition coefficient (Wildman–Crippen LogP) is 3.44. The number of aromatic nitrogens is 1. The van der Waals surface area contributed by atoms with Gasteiger partial charge in [0.25, 0.3) is 6.43 Å². The van der Waals surface area contributed by atoms with Crippen LogP contribution in [0.3, 0.4) is 0 Å². The molecule has 4 nitrogen and oxygen atoms in total. The van der Waals surface area contributed by atoms with Crippen LogP contribution >= 0.6 is 11.6 Å². The molecule has 0 aliphatic heterocycles. The monoisotopic (exact) mass is 426 g/mol. The number of rotatable bonds is 5. The molecule has 0 aliphatic rings. The van der Waals surface area contributed by atoms with Crippen molar-refractivity contribution in [3.05, 3.63) is 51.3 Å². The van der Waals surface area contributed by atoms with E-state index < -0.39 is 18.5 Å². The minimum Gasteiger partial charge on any atom is -0.479 e. The minimum atomic E-state index is -2.68. The second-order valence-electron chi connectivity index (χ2n) is 4.72. The molecule has 0 unspecified atom stereocenters. The summed E-state index contributed by atoms with van der Waals surface area (Å²) in [5.41, 5.74) is 0.367. The number of hydrogen-bond donors (Lipinski definition) is 0. The van der Waals surface area contributed by atoms with Gasteiger partial charge in [-0.25, -0.2) is 8.78 Å². The first-order chi connectivity index (χ1) is 10.9. The zero-order valence-corrected chi connectivity index (χ0v) is 16.3. The Hall–Kier alpha value is -1.29. The Labute approximate surface area is 167 Å². The third-order valence-electron chi connectivity index (χ3n) is 3.10. The molecular weight excluding hydrogens is 415 g/mol. The van der Waals surface area contributed by atoms with Crippen LogP contribution in [0.4, 0.5) is 8.78 Å². The van der Waals surface area contributed by atoms with Crippen molar-refractivity contribution in [2.45, 2.75) is 19.9 Å². The summed E-state index contributed by atoms with van der Waals surface area (Å²) in [5, 5.41) is 8.70. The maximum Gasteiger partial charge on any atom is 0.256 e. The number of alkyl halides is 2. The van der Waals surface area contributed by atoms with Crippen LogP contribution in [0.5, 0.6) is 5.75 Å². The van der Waals surface area contributed by atoms with E-state index >= 15 is 0 Å². The third-order valence-corrected chi connectivity index (χ3v) is 3.41. The Kier molecular flexibility index (Phi) is 8.01. The molecule has 1 aromatic carbocycles. The fraction of sp³-hybridized carbons (Fsp3) is 0.250. The van der Waals surface area contributed by atoms with Gasteiger partial charge in [0.1, 0.15) is 11.8 Å². The van der Waals surface area contributed by atoms with Crippen LogP contribution < -0.4 is 10.3 Å². The van der Waals surface area contributed by atoms with E-state index in [9.17, 15) is 13.6 Å². The van der Waals surface area contributed by atoms with Gasteiger partial charge >= 0.3 is 0 Å². The van der Waals surface area contributed by atoms with E-state index in [-0.39, 0.29) is 50.0 Å². The number of nitriles is 1. The van der Waals surface area contributed by atoms with Crippen molar-refractivity contribution in [2.75, 3.05) is 6.61 Å². The molecule has 1 aromatic heterocycles. The summed E-state index contributed by atoms with van der Waals surface area (Å²) in [4.78, 5) is 12.1. The summed E-state index contributed by atoms with van der Waals surface area (Å²) in [6.45, 7) is 0.656. The van der Waals surface area contributed by atoms with Gasteiger partial charge in [-0.15, -0.1) is 6.07 Å². The van der Waals surface area contributed by atoms with E-state index in [1.165, 1.54) is 25.1 Å². The van der Waals surface area contributed by atoms with Crippen molar-refractivity contribution in [3.63, 3.8) is 0 Å². The molecule has 0 amide bonds. The first-order valence-corrected chi connectivity index (χ1v) is 7.01. The summed E-state index contributed by atoms with van der Waals surface area (Å²) in [6.07, 6.45) is -2.68. The van der Waals surface area contributed by atoms with Crippen molar-refractivity contribution in [1.82, 2.24) is 4.57 Å². The molecule has 8 heteroatoms. The smallest absolute Gasteiger partial charge is 0.256 e. The summed E-state index contributed by atoms with van der Waals surface area (Å²) in [7, 11) is 0. The van der Waals surface area contributed by atoms with Crippen molar-refractivity contribution >= 4 is 11.6 Å². The van der Waals surface area contributed by atoms with Gasteiger partial charge in [-0.3, -0.25) is 4.79 Å². The third kappa shape index (κ3) is 4.86. The average molecular weight is 427 g/mol. The van der Waals surface area contributed by atoms with E-state index in [1.54, 1.807) is 6.07 Å². The number of halogens is 3.